The van der Waals surface area contributed by atoms with E-state index in [0.29, 0.717) is 18.8 Å². The van der Waals surface area contributed by atoms with E-state index in [9.17, 15) is 13.2 Å². The number of aromatic nitrogens is 1. The molecule has 1 aromatic heterocycles. The number of para-hydroxylation sites is 2. The topological polar surface area (TPSA) is 74.7 Å². The second-order valence-electron chi connectivity index (χ2n) is 6.93. The lowest BCUT2D eigenvalue weighted by Crippen LogP contribution is -2.30. The second kappa shape index (κ2) is 8.36. The molecule has 3 rings (SSSR count). The fraction of sp³-hybridized carbons (Fsp3) is 0.450. The van der Waals surface area contributed by atoms with Crippen molar-refractivity contribution < 1.29 is 13.2 Å². The Morgan fingerprint density at radius 1 is 1.14 bits per heavy atom. The maximum atomic E-state index is 12.9. The van der Waals surface area contributed by atoms with Gasteiger partial charge >= 0.3 is 0 Å². The van der Waals surface area contributed by atoms with Crippen LogP contribution in [0.15, 0.2) is 41.4 Å². The minimum absolute atomic E-state index is 0.136. The fourth-order valence-electron chi connectivity index (χ4n) is 3.61. The molecular weight excluding hydrogens is 376 g/mol. The molecule has 1 N–H and O–H groups in total. The van der Waals surface area contributed by atoms with Crippen LogP contribution in [0.4, 0.5) is 11.4 Å². The van der Waals surface area contributed by atoms with Crippen LogP contribution in [0.25, 0.3) is 0 Å². The summed E-state index contributed by atoms with van der Waals surface area (Å²) in [7, 11) is -1.92. The first-order valence-electron chi connectivity index (χ1n) is 9.70. The highest BCUT2D eigenvalue weighted by Crippen LogP contribution is 2.29. The van der Waals surface area contributed by atoms with Crippen molar-refractivity contribution in [1.29, 1.82) is 0 Å². The van der Waals surface area contributed by atoms with Crippen molar-refractivity contribution in [2.24, 2.45) is 7.05 Å². The summed E-state index contributed by atoms with van der Waals surface area (Å²) in [5, 5.41) is 2.96. The molecule has 2 heterocycles. The van der Waals surface area contributed by atoms with Gasteiger partial charge < -0.3 is 14.8 Å². The Labute approximate surface area is 167 Å². The third-order valence-corrected chi connectivity index (χ3v) is 7.17. The average molecular weight is 405 g/mol. The number of sulfonamides is 1. The average Bonchev–Trinajstić information content (AvgIpc) is 3.33. The van der Waals surface area contributed by atoms with Gasteiger partial charge in [0.15, 0.2) is 0 Å². The van der Waals surface area contributed by atoms with Crippen molar-refractivity contribution in [2.75, 3.05) is 36.4 Å². The van der Waals surface area contributed by atoms with Gasteiger partial charge in [-0.2, -0.15) is 4.31 Å². The molecule has 0 radical (unpaired) electrons. The number of carbonyl (C=O) groups is 1. The highest BCUT2D eigenvalue weighted by molar-refractivity contribution is 7.89. The molecule has 28 heavy (non-hydrogen) atoms. The zero-order chi connectivity index (χ0) is 20.3. The second-order valence-corrected chi connectivity index (χ2v) is 8.86. The maximum absolute atomic E-state index is 12.9. The predicted octanol–water partition coefficient (Wildman–Crippen LogP) is 2.91. The quantitative estimate of drug-likeness (QED) is 0.770. The largest absolute Gasteiger partial charge is 0.370 e. The number of hydrogen-bond acceptors (Lipinski definition) is 4. The summed E-state index contributed by atoms with van der Waals surface area (Å²) in [5.74, 6) is -0.324. The number of anilines is 2. The van der Waals surface area contributed by atoms with Gasteiger partial charge in [-0.05, 0) is 31.0 Å². The normalized spacial score (nSPS) is 14.6. The highest BCUT2D eigenvalue weighted by atomic mass is 32.2. The summed E-state index contributed by atoms with van der Waals surface area (Å²) in [6.07, 6.45) is 3.79. The summed E-state index contributed by atoms with van der Waals surface area (Å²) in [6.45, 7) is 6.32. The van der Waals surface area contributed by atoms with Crippen molar-refractivity contribution >= 4 is 27.3 Å². The highest BCUT2D eigenvalue weighted by Gasteiger charge is 2.26. The van der Waals surface area contributed by atoms with E-state index in [2.05, 4.69) is 10.2 Å². The number of benzene rings is 1. The van der Waals surface area contributed by atoms with Crippen LogP contribution in [-0.2, 0) is 17.1 Å². The van der Waals surface area contributed by atoms with Crippen LogP contribution < -0.4 is 10.2 Å². The summed E-state index contributed by atoms with van der Waals surface area (Å²) < 4.78 is 28.4. The predicted molar refractivity (Wildman–Crippen MR) is 111 cm³/mol. The van der Waals surface area contributed by atoms with Crippen LogP contribution in [0.1, 0.15) is 37.2 Å². The molecule has 0 atom stereocenters. The van der Waals surface area contributed by atoms with E-state index >= 15 is 0 Å². The molecule has 1 amide bonds. The number of rotatable bonds is 7. The number of carbonyl (C=O) groups excluding carboxylic acids is 1. The number of nitrogens with zero attached hydrogens (tertiary/aromatic N) is 3. The van der Waals surface area contributed by atoms with E-state index in [1.165, 1.54) is 16.6 Å². The van der Waals surface area contributed by atoms with Crippen LogP contribution in [0.2, 0.25) is 0 Å². The van der Waals surface area contributed by atoms with Crippen molar-refractivity contribution in [3.05, 3.63) is 42.2 Å². The molecule has 0 spiro atoms. The zero-order valence-electron chi connectivity index (χ0n) is 16.7. The molecule has 0 aliphatic carbocycles. The van der Waals surface area contributed by atoms with Crippen molar-refractivity contribution in [1.82, 2.24) is 8.87 Å². The molecular formula is C20H28N4O3S. The molecule has 1 aliphatic rings. The number of hydrogen-bond donors (Lipinski definition) is 1. The van der Waals surface area contributed by atoms with E-state index < -0.39 is 10.0 Å². The van der Waals surface area contributed by atoms with Gasteiger partial charge in [0.1, 0.15) is 10.6 Å². The van der Waals surface area contributed by atoms with E-state index in [1.54, 1.807) is 25.5 Å². The van der Waals surface area contributed by atoms with E-state index in [1.807, 2.05) is 24.3 Å². The third kappa shape index (κ3) is 3.93. The van der Waals surface area contributed by atoms with Crippen LogP contribution in [0.5, 0.6) is 0 Å². The first kappa shape index (κ1) is 20.4. The molecule has 0 saturated carbocycles. The van der Waals surface area contributed by atoms with Gasteiger partial charge in [0.05, 0.1) is 11.4 Å². The lowest BCUT2D eigenvalue weighted by atomic mass is 10.2. The fourth-order valence-corrected chi connectivity index (χ4v) is 5.14. The number of aryl methyl sites for hydroxylation is 1. The maximum Gasteiger partial charge on any atom is 0.272 e. The van der Waals surface area contributed by atoms with E-state index in [-0.39, 0.29) is 10.8 Å². The van der Waals surface area contributed by atoms with Crippen LogP contribution >= 0.6 is 0 Å². The standard InChI is InChI=1S/C20H28N4O3S/c1-4-24(5-2)28(26,27)16-14-19(22(3)15-16)20(25)21-17-10-6-7-11-18(17)23-12-8-9-13-23/h6-7,10-11,14-15H,4-5,8-9,12-13H2,1-3H3,(H,21,25). The molecule has 1 aliphatic heterocycles. The van der Waals surface area contributed by atoms with Crippen LogP contribution in [0.3, 0.4) is 0 Å². The van der Waals surface area contributed by atoms with Gasteiger partial charge in [-0.3, -0.25) is 4.79 Å². The molecule has 152 valence electrons. The molecule has 7 nitrogen and oxygen atoms in total. The minimum Gasteiger partial charge on any atom is -0.370 e. The summed E-state index contributed by atoms with van der Waals surface area (Å²) in [6, 6.07) is 9.17. The lowest BCUT2D eigenvalue weighted by Gasteiger charge is -2.21. The van der Waals surface area contributed by atoms with Gasteiger partial charge in [0, 0.05) is 39.4 Å². The van der Waals surface area contributed by atoms with Gasteiger partial charge in [-0.15, -0.1) is 0 Å². The Bertz CT molecular complexity index is 942. The Hall–Kier alpha value is -2.32. The summed E-state index contributed by atoms with van der Waals surface area (Å²) in [5.41, 5.74) is 2.05. The van der Waals surface area contributed by atoms with Crippen molar-refractivity contribution in [2.45, 2.75) is 31.6 Å². The first-order chi connectivity index (χ1) is 13.4. The number of amides is 1. The third-order valence-electron chi connectivity index (χ3n) is 5.15. The van der Waals surface area contributed by atoms with E-state index in [0.717, 1.165) is 37.3 Å². The smallest absolute Gasteiger partial charge is 0.272 e. The minimum atomic E-state index is -3.61. The van der Waals surface area contributed by atoms with Gasteiger partial charge in [-0.1, -0.05) is 26.0 Å². The summed E-state index contributed by atoms with van der Waals surface area (Å²) in [4.78, 5) is 15.3. The van der Waals surface area contributed by atoms with Gasteiger partial charge in [0.2, 0.25) is 10.0 Å². The SMILES string of the molecule is CCN(CC)S(=O)(=O)c1cc(C(=O)Nc2ccccc2N2CCCC2)n(C)c1. The number of nitrogens with one attached hydrogen (secondary N) is 1. The van der Waals surface area contributed by atoms with Gasteiger partial charge in [0.25, 0.3) is 5.91 Å². The first-order valence-corrected chi connectivity index (χ1v) is 11.1. The molecule has 2 aromatic rings. The molecule has 8 heteroatoms. The monoisotopic (exact) mass is 404 g/mol. The molecule has 1 aromatic carbocycles. The van der Waals surface area contributed by atoms with Crippen LogP contribution in [0, 0.1) is 0 Å². The van der Waals surface area contributed by atoms with Crippen molar-refractivity contribution in [3.8, 4) is 0 Å². The lowest BCUT2D eigenvalue weighted by molar-refractivity contribution is 0.101. The van der Waals surface area contributed by atoms with Crippen LogP contribution in [-0.4, -0.2) is 49.4 Å². The molecule has 1 fully saturated rings. The molecule has 1 saturated heterocycles. The summed E-state index contributed by atoms with van der Waals surface area (Å²) >= 11 is 0. The van der Waals surface area contributed by atoms with Gasteiger partial charge in [-0.25, -0.2) is 8.42 Å². The Morgan fingerprint density at radius 2 is 1.79 bits per heavy atom. The molecule has 0 bridgehead atoms. The Morgan fingerprint density at radius 3 is 2.43 bits per heavy atom. The molecule has 0 unspecified atom stereocenters. The van der Waals surface area contributed by atoms with Crippen molar-refractivity contribution in [3.63, 3.8) is 0 Å². The Balaban J connectivity index is 1.86. The zero-order valence-corrected chi connectivity index (χ0v) is 17.5. The van der Waals surface area contributed by atoms with E-state index in [4.69, 9.17) is 0 Å². The Kier molecular flexibility index (Phi) is 6.10.